The predicted octanol–water partition coefficient (Wildman–Crippen LogP) is 4.58. The molecule has 0 saturated carbocycles. The van der Waals surface area contributed by atoms with Crippen LogP contribution in [0.4, 0.5) is 0 Å². The summed E-state index contributed by atoms with van der Waals surface area (Å²) in [7, 11) is 0. The molecule has 0 fully saturated rings. The van der Waals surface area contributed by atoms with Crippen molar-refractivity contribution in [2.75, 3.05) is 5.01 Å². The van der Waals surface area contributed by atoms with Crippen molar-refractivity contribution in [2.24, 2.45) is 0 Å². The van der Waals surface area contributed by atoms with Crippen LogP contribution in [0.25, 0.3) is 0 Å². The maximum atomic E-state index is 4.19. The van der Waals surface area contributed by atoms with Gasteiger partial charge in [-0.2, -0.15) is 0 Å². The summed E-state index contributed by atoms with van der Waals surface area (Å²) >= 11 is 1.79. The van der Waals surface area contributed by atoms with Crippen molar-refractivity contribution in [3.8, 4) is 0 Å². The first-order valence-corrected chi connectivity index (χ1v) is 8.75. The zero-order valence-electron chi connectivity index (χ0n) is 13.9. The highest BCUT2D eigenvalue weighted by Gasteiger charge is 2.14. The molecule has 0 spiro atoms. The Balaban J connectivity index is 1.78. The highest BCUT2D eigenvalue weighted by Crippen LogP contribution is 2.22. The van der Waals surface area contributed by atoms with Crippen molar-refractivity contribution in [3.05, 3.63) is 76.5 Å². The molecule has 3 nitrogen and oxygen atoms in total. The smallest absolute Gasteiger partial charge is 0.114 e. The van der Waals surface area contributed by atoms with Crippen LogP contribution >= 0.6 is 11.3 Å². The Morgan fingerprint density at radius 2 is 1.87 bits per heavy atom. The van der Waals surface area contributed by atoms with Crippen LogP contribution in [0.3, 0.4) is 0 Å². The van der Waals surface area contributed by atoms with E-state index in [1.807, 2.05) is 18.7 Å². The second kappa shape index (κ2) is 6.59. The van der Waals surface area contributed by atoms with Gasteiger partial charge in [0.1, 0.15) is 6.33 Å². The second-order valence-corrected chi connectivity index (χ2v) is 7.82. The van der Waals surface area contributed by atoms with E-state index in [0.717, 1.165) is 13.1 Å². The molecule has 0 aliphatic carbocycles. The highest BCUT2D eigenvalue weighted by molar-refractivity contribution is 7.09. The topological polar surface area (TPSA) is 21.1 Å². The van der Waals surface area contributed by atoms with Crippen molar-refractivity contribution in [2.45, 2.75) is 39.3 Å². The number of nitrogens with zero attached hydrogens (tertiary/aromatic N) is 3. The summed E-state index contributed by atoms with van der Waals surface area (Å²) in [6, 6.07) is 13.2. The summed E-state index contributed by atoms with van der Waals surface area (Å²) < 4.78 is 2.07. The van der Waals surface area contributed by atoms with Gasteiger partial charge in [-0.3, -0.25) is 4.68 Å². The molecule has 0 aliphatic heterocycles. The minimum absolute atomic E-state index is 0.194. The average molecular weight is 325 g/mol. The molecular formula is C19H23N3S. The van der Waals surface area contributed by atoms with Crippen LogP contribution in [-0.4, -0.2) is 9.66 Å². The summed E-state index contributed by atoms with van der Waals surface area (Å²) in [6.45, 7) is 8.48. The second-order valence-electron chi connectivity index (χ2n) is 6.79. The lowest BCUT2D eigenvalue weighted by molar-refractivity contribution is 0.576. The van der Waals surface area contributed by atoms with Crippen molar-refractivity contribution < 1.29 is 0 Å². The number of aromatic nitrogens is 2. The van der Waals surface area contributed by atoms with Gasteiger partial charge in [0.25, 0.3) is 0 Å². The number of thiophene rings is 1. The number of benzene rings is 1. The molecule has 0 radical (unpaired) electrons. The van der Waals surface area contributed by atoms with Gasteiger partial charge in [0.15, 0.2) is 0 Å². The standard InChI is InChI=1S/C19H23N3S/c1-19(2,3)17-8-6-16(7-9-17)13-22(21-11-10-20-15-21)14-18-5-4-12-23-18/h4-12,15H,13-14H2,1-3H3. The Bertz CT molecular complexity index is 707. The molecule has 0 N–H and O–H groups in total. The van der Waals surface area contributed by atoms with Crippen LogP contribution in [0.15, 0.2) is 60.5 Å². The summed E-state index contributed by atoms with van der Waals surface area (Å²) in [4.78, 5) is 5.54. The van der Waals surface area contributed by atoms with Crippen molar-refractivity contribution in [1.82, 2.24) is 9.66 Å². The third-order valence-corrected chi connectivity index (χ3v) is 4.78. The normalized spacial score (nSPS) is 11.6. The van der Waals surface area contributed by atoms with Crippen LogP contribution in [-0.2, 0) is 18.5 Å². The lowest BCUT2D eigenvalue weighted by atomic mass is 9.87. The van der Waals surface area contributed by atoms with Crippen LogP contribution in [0.2, 0.25) is 0 Å². The molecule has 0 aliphatic rings. The van der Waals surface area contributed by atoms with Crippen LogP contribution in [0, 0.1) is 0 Å². The minimum Gasteiger partial charge on any atom is -0.302 e. The third kappa shape index (κ3) is 4.02. The first-order chi connectivity index (χ1) is 11.0. The van der Waals surface area contributed by atoms with Gasteiger partial charge in [-0.05, 0) is 28.0 Å². The fourth-order valence-electron chi connectivity index (χ4n) is 2.54. The first-order valence-electron chi connectivity index (χ1n) is 7.87. The number of rotatable bonds is 5. The molecule has 0 unspecified atom stereocenters. The van der Waals surface area contributed by atoms with Gasteiger partial charge in [0.05, 0.1) is 13.1 Å². The lowest BCUT2D eigenvalue weighted by Crippen LogP contribution is -2.32. The molecule has 0 atom stereocenters. The SMILES string of the molecule is CC(C)(C)c1ccc(CN(Cc2cccs2)n2ccnc2)cc1. The molecule has 4 heteroatoms. The zero-order chi connectivity index (χ0) is 16.3. The number of imidazole rings is 1. The van der Waals surface area contributed by atoms with E-state index in [2.05, 4.69) is 77.2 Å². The molecular weight excluding hydrogens is 302 g/mol. The van der Waals surface area contributed by atoms with Crippen LogP contribution in [0.1, 0.15) is 36.8 Å². The molecule has 1 aromatic carbocycles. The predicted molar refractivity (Wildman–Crippen MR) is 97.3 cm³/mol. The van der Waals surface area contributed by atoms with E-state index in [4.69, 9.17) is 0 Å². The summed E-state index contributed by atoms with van der Waals surface area (Å²) in [5, 5.41) is 4.42. The van der Waals surface area contributed by atoms with Gasteiger partial charge in [0.2, 0.25) is 0 Å². The molecule has 2 aromatic heterocycles. The van der Waals surface area contributed by atoms with Crippen molar-refractivity contribution in [1.29, 1.82) is 0 Å². The maximum absolute atomic E-state index is 4.19. The number of hydrogen-bond donors (Lipinski definition) is 0. The maximum Gasteiger partial charge on any atom is 0.114 e. The van der Waals surface area contributed by atoms with E-state index in [1.54, 1.807) is 11.3 Å². The van der Waals surface area contributed by atoms with E-state index in [9.17, 15) is 0 Å². The van der Waals surface area contributed by atoms with E-state index in [0.29, 0.717) is 0 Å². The molecule has 0 saturated heterocycles. The summed E-state index contributed by atoms with van der Waals surface area (Å²) in [5.74, 6) is 0. The Hall–Kier alpha value is -2.07. The lowest BCUT2D eigenvalue weighted by Gasteiger charge is -2.25. The van der Waals surface area contributed by atoms with Crippen molar-refractivity contribution >= 4 is 11.3 Å². The van der Waals surface area contributed by atoms with Gasteiger partial charge >= 0.3 is 0 Å². The Morgan fingerprint density at radius 1 is 1.09 bits per heavy atom. The summed E-state index contributed by atoms with van der Waals surface area (Å²) in [6.07, 6.45) is 5.68. The Kier molecular flexibility index (Phi) is 4.53. The monoisotopic (exact) mass is 325 g/mol. The molecule has 23 heavy (non-hydrogen) atoms. The van der Waals surface area contributed by atoms with Gasteiger partial charge in [-0.25, -0.2) is 4.98 Å². The van der Waals surface area contributed by atoms with Gasteiger partial charge < -0.3 is 5.01 Å². The molecule has 120 valence electrons. The van der Waals surface area contributed by atoms with Crippen LogP contribution < -0.4 is 5.01 Å². The van der Waals surface area contributed by atoms with Gasteiger partial charge in [-0.1, -0.05) is 51.1 Å². The first kappa shape index (κ1) is 15.8. The number of hydrogen-bond acceptors (Lipinski definition) is 3. The van der Waals surface area contributed by atoms with Gasteiger partial charge in [0, 0.05) is 17.3 Å². The average Bonchev–Trinajstić information content (AvgIpc) is 3.20. The van der Waals surface area contributed by atoms with Crippen LogP contribution in [0.5, 0.6) is 0 Å². The Morgan fingerprint density at radius 3 is 2.43 bits per heavy atom. The minimum atomic E-state index is 0.194. The highest BCUT2D eigenvalue weighted by atomic mass is 32.1. The van der Waals surface area contributed by atoms with E-state index in [1.165, 1.54) is 16.0 Å². The molecule has 0 amide bonds. The fraction of sp³-hybridized carbons (Fsp3) is 0.316. The Labute approximate surface area is 142 Å². The molecule has 3 rings (SSSR count). The fourth-order valence-corrected chi connectivity index (χ4v) is 3.25. The third-order valence-electron chi connectivity index (χ3n) is 3.92. The molecule has 2 heterocycles. The quantitative estimate of drug-likeness (QED) is 0.684. The van der Waals surface area contributed by atoms with E-state index < -0.39 is 0 Å². The van der Waals surface area contributed by atoms with E-state index >= 15 is 0 Å². The largest absolute Gasteiger partial charge is 0.302 e. The van der Waals surface area contributed by atoms with Gasteiger partial charge in [-0.15, -0.1) is 11.3 Å². The van der Waals surface area contributed by atoms with Crippen molar-refractivity contribution in [3.63, 3.8) is 0 Å². The van der Waals surface area contributed by atoms with E-state index in [-0.39, 0.29) is 5.41 Å². The zero-order valence-corrected chi connectivity index (χ0v) is 14.8. The molecule has 3 aromatic rings. The molecule has 0 bridgehead atoms. The summed E-state index contributed by atoms with van der Waals surface area (Å²) in [5.41, 5.74) is 2.87.